The molecule has 0 fully saturated rings. The molecule has 5 nitrogen and oxygen atoms in total. The number of ether oxygens (including phenoxy) is 1. The Morgan fingerprint density at radius 2 is 1.91 bits per heavy atom. The summed E-state index contributed by atoms with van der Waals surface area (Å²) in [5, 5.41) is 5.95. The highest BCUT2D eigenvalue weighted by atomic mass is 35.5. The summed E-state index contributed by atoms with van der Waals surface area (Å²) in [7, 11) is 0. The molecule has 2 amide bonds. The minimum absolute atomic E-state index is 0.462. The molecule has 0 spiro atoms. The molecule has 1 unspecified atom stereocenters. The Morgan fingerprint density at radius 3 is 2.61 bits per heavy atom. The number of halogens is 1. The first kappa shape index (κ1) is 15.4. The SMILES string of the molecule is Cc1ccc2c(c1)NC(=O)C(C)(C(=O)Nc1ccc(Cl)cc1)O2. The lowest BCUT2D eigenvalue weighted by Crippen LogP contribution is -2.56. The molecule has 2 N–H and O–H groups in total. The summed E-state index contributed by atoms with van der Waals surface area (Å²) in [5.74, 6) is -0.602. The third kappa shape index (κ3) is 2.87. The predicted octanol–water partition coefficient (Wildman–Crippen LogP) is 3.38. The molecule has 2 aromatic carbocycles. The van der Waals surface area contributed by atoms with Crippen LogP contribution in [0.15, 0.2) is 42.5 Å². The first-order valence-electron chi connectivity index (χ1n) is 7.06. The molecule has 1 aliphatic heterocycles. The summed E-state index contributed by atoms with van der Waals surface area (Å²) in [4.78, 5) is 24.9. The fraction of sp³-hybridized carbons (Fsp3) is 0.176. The lowest BCUT2D eigenvalue weighted by molar-refractivity contribution is -0.143. The van der Waals surface area contributed by atoms with Gasteiger partial charge in [0, 0.05) is 10.7 Å². The fourth-order valence-electron chi connectivity index (χ4n) is 2.27. The standard InChI is InChI=1S/C17H15ClN2O3/c1-10-3-8-14-13(9-10)20-16(22)17(2,23-14)15(21)19-12-6-4-11(18)5-7-12/h3-9H,1-2H3,(H,19,21)(H,20,22). The Labute approximate surface area is 138 Å². The van der Waals surface area contributed by atoms with E-state index in [0.717, 1.165) is 5.56 Å². The Balaban J connectivity index is 1.85. The van der Waals surface area contributed by atoms with Gasteiger partial charge in [-0.2, -0.15) is 0 Å². The summed E-state index contributed by atoms with van der Waals surface area (Å²) in [5.41, 5.74) is 0.433. The maximum atomic E-state index is 12.5. The number of carbonyl (C=O) groups is 2. The van der Waals surface area contributed by atoms with Gasteiger partial charge in [-0.3, -0.25) is 9.59 Å². The highest BCUT2D eigenvalue weighted by molar-refractivity contribution is 6.30. The van der Waals surface area contributed by atoms with Gasteiger partial charge >= 0.3 is 0 Å². The molecule has 6 heteroatoms. The number of hydrogen-bond donors (Lipinski definition) is 2. The van der Waals surface area contributed by atoms with Crippen LogP contribution in [0.25, 0.3) is 0 Å². The summed E-state index contributed by atoms with van der Waals surface area (Å²) >= 11 is 5.81. The maximum Gasteiger partial charge on any atom is 0.278 e. The Bertz CT molecular complexity index is 789. The molecule has 0 radical (unpaired) electrons. The molecule has 1 heterocycles. The van der Waals surface area contributed by atoms with Gasteiger partial charge in [0.1, 0.15) is 5.75 Å². The van der Waals surface area contributed by atoms with E-state index in [2.05, 4.69) is 10.6 Å². The third-order valence-corrected chi connectivity index (χ3v) is 3.92. The average Bonchev–Trinajstić information content (AvgIpc) is 2.51. The molecule has 0 bridgehead atoms. The number of carbonyl (C=O) groups excluding carboxylic acids is 2. The zero-order valence-corrected chi connectivity index (χ0v) is 13.4. The number of nitrogens with one attached hydrogen (secondary N) is 2. The molecule has 3 rings (SSSR count). The van der Waals surface area contributed by atoms with E-state index in [4.69, 9.17) is 16.3 Å². The number of fused-ring (bicyclic) bond motifs is 1. The van der Waals surface area contributed by atoms with Crippen LogP contribution in [0.4, 0.5) is 11.4 Å². The molecule has 1 aliphatic rings. The number of amides is 2. The third-order valence-electron chi connectivity index (χ3n) is 3.67. The van der Waals surface area contributed by atoms with Crippen molar-refractivity contribution in [2.24, 2.45) is 0 Å². The smallest absolute Gasteiger partial charge is 0.278 e. The normalized spacial score (nSPS) is 19.3. The largest absolute Gasteiger partial charge is 0.466 e. The minimum Gasteiger partial charge on any atom is -0.466 e. The zero-order valence-electron chi connectivity index (χ0n) is 12.6. The maximum absolute atomic E-state index is 12.5. The molecule has 0 aliphatic carbocycles. The van der Waals surface area contributed by atoms with Crippen molar-refractivity contribution in [1.82, 2.24) is 0 Å². The van der Waals surface area contributed by atoms with Crippen molar-refractivity contribution in [3.05, 3.63) is 53.1 Å². The second-order valence-corrected chi connectivity index (χ2v) is 5.99. The van der Waals surface area contributed by atoms with Crippen molar-refractivity contribution in [3.8, 4) is 5.75 Å². The monoisotopic (exact) mass is 330 g/mol. The molecular weight excluding hydrogens is 316 g/mol. The number of anilines is 2. The van der Waals surface area contributed by atoms with Crippen molar-refractivity contribution in [3.63, 3.8) is 0 Å². The molecule has 1 atom stereocenters. The Kier molecular flexibility index (Phi) is 3.74. The van der Waals surface area contributed by atoms with E-state index in [-0.39, 0.29) is 0 Å². The van der Waals surface area contributed by atoms with E-state index < -0.39 is 17.4 Å². The molecule has 0 saturated carbocycles. The zero-order chi connectivity index (χ0) is 16.6. The van der Waals surface area contributed by atoms with Crippen LogP contribution in [-0.4, -0.2) is 17.4 Å². The number of rotatable bonds is 2. The van der Waals surface area contributed by atoms with Gasteiger partial charge in [-0.15, -0.1) is 0 Å². The molecule has 2 aromatic rings. The van der Waals surface area contributed by atoms with Gasteiger partial charge in [0.15, 0.2) is 0 Å². The summed E-state index contributed by atoms with van der Waals surface area (Å²) in [6, 6.07) is 12.0. The lowest BCUT2D eigenvalue weighted by atomic mass is 10.0. The van der Waals surface area contributed by atoms with E-state index in [1.165, 1.54) is 6.92 Å². The van der Waals surface area contributed by atoms with Gasteiger partial charge in [0.2, 0.25) is 0 Å². The highest BCUT2D eigenvalue weighted by Crippen LogP contribution is 2.34. The summed E-state index contributed by atoms with van der Waals surface area (Å²) in [6.07, 6.45) is 0. The van der Waals surface area contributed by atoms with Crippen LogP contribution in [0, 0.1) is 6.92 Å². The van der Waals surface area contributed by atoms with E-state index in [0.29, 0.717) is 22.1 Å². The van der Waals surface area contributed by atoms with Crippen LogP contribution in [0.5, 0.6) is 5.75 Å². The van der Waals surface area contributed by atoms with Gasteiger partial charge in [0.05, 0.1) is 5.69 Å². The van der Waals surface area contributed by atoms with Gasteiger partial charge in [0.25, 0.3) is 17.4 Å². The quantitative estimate of drug-likeness (QED) is 0.829. The van der Waals surface area contributed by atoms with Crippen molar-refractivity contribution < 1.29 is 14.3 Å². The van der Waals surface area contributed by atoms with E-state index >= 15 is 0 Å². The van der Waals surface area contributed by atoms with Crippen LogP contribution in [0.1, 0.15) is 12.5 Å². The van der Waals surface area contributed by atoms with Gasteiger partial charge in [-0.05, 0) is 55.8 Å². The average molecular weight is 331 g/mol. The van der Waals surface area contributed by atoms with Crippen molar-refractivity contribution in [2.45, 2.75) is 19.4 Å². The Morgan fingerprint density at radius 1 is 1.22 bits per heavy atom. The molecule has 118 valence electrons. The van der Waals surface area contributed by atoms with E-state index in [9.17, 15) is 9.59 Å². The van der Waals surface area contributed by atoms with Crippen molar-refractivity contribution in [1.29, 1.82) is 0 Å². The second-order valence-electron chi connectivity index (χ2n) is 5.55. The number of aryl methyl sites for hydroxylation is 1. The molecular formula is C17H15ClN2O3. The van der Waals surface area contributed by atoms with Crippen molar-refractivity contribution in [2.75, 3.05) is 10.6 Å². The topological polar surface area (TPSA) is 67.4 Å². The Hall–Kier alpha value is -2.53. The van der Waals surface area contributed by atoms with Gasteiger partial charge < -0.3 is 15.4 Å². The first-order valence-corrected chi connectivity index (χ1v) is 7.44. The lowest BCUT2D eigenvalue weighted by Gasteiger charge is -2.33. The van der Waals surface area contributed by atoms with Crippen LogP contribution >= 0.6 is 11.6 Å². The van der Waals surface area contributed by atoms with Crippen molar-refractivity contribution >= 4 is 34.8 Å². The van der Waals surface area contributed by atoms with Crippen LogP contribution in [-0.2, 0) is 9.59 Å². The van der Waals surface area contributed by atoms with Gasteiger partial charge in [-0.1, -0.05) is 17.7 Å². The van der Waals surface area contributed by atoms with E-state index in [1.807, 2.05) is 13.0 Å². The molecule has 0 saturated heterocycles. The van der Waals surface area contributed by atoms with Crippen LogP contribution in [0.3, 0.4) is 0 Å². The predicted molar refractivity (Wildman–Crippen MR) is 88.9 cm³/mol. The fourth-order valence-corrected chi connectivity index (χ4v) is 2.40. The van der Waals surface area contributed by atoms with Gasteiger partial charge in [-0.25, -0.2) is 0 Å². The molecule has 0 aromatic heterocycles. The minimum atomic E-state index is -1.65. The van der Waals surface area contributed by atoms with E-state index in [1.54, 1.807) is 36.4 Å². The van der Waals surface area contributed by atoms with Crippen LogP contribution in [0.2, 0.25) is 5.02 Å². The first-order chi connectivity index (χ1) is 10.9. The summed E-state index contributed by atoms with van der Waals surface area (Å²) < 4.78 is 5.69. The molecule has 23 heavy (non-hydrogen) atoms. The number of hydrogen-bond acceptors (Lipinski definition) is 3. The summed E-state index contributed by atoms with van der Waals surface area (Å²) in [6.45, 7) is 3.35. The van der Waals surface area contributed by atoms with Crippen LogP contribution < -0.4 is 15.4 Å². The second kappa shape index (κ2) is 5.59. The highest BCUT2D eigenvalue weighted by Gasteiger charge is 2.47. The number of benzene rings is 2.